The lowest BCUT2D eigenvalue weighted by molar-refractivity contribution is -0.120. The fraction of sp³-hybridized carbons (Fsp3) is 0. The molecule has 48 valence electrons. The summed E-state index contributed by atoms with van der Waals surface area (Å²) in [5, 5.41) is 0.707. The maximum absolute atomic E-state index is 9.72. The van der Waals surface area contributed by atoms with Crippen molar-refractivity contribution < 1.29 is 9.53 Å². The van der Waals surface area contributed by atoms with Crippen LogP contribution in [0.2, 0.25) is 5.02 Å². The molecule has 0 saturated carbocycles. The van der Waals surface area contributed by atoms with Gasteiger partial charge in [0.05, 0.1) is 6.20 Å². The number of hydrogen-bond acceptors (Lipinski definition) is 4. The summed E-state index contributed by atoms with van der Waals surface area (Å²) < 4.78 is 8.09. The Balaban J connectivity index is 2.80. The first kappa shape index (κ1) is 6.51. The van der Waals surface area contributed by atoms with Crippen molar-refractivity contribution in [2.24, 2.45) is 0 Å². The summed E-state index contributed by atoms with van der Waals surface area (Å²) in [4.78, 5) is 9.72. The molecule has 0 aromatic carbocycles. The van der Waals surface area contributed by atoms with Gasteiger partial charge in [-0.2, -0.15) is 4.37 Å². The Hall–Kier alpha value is -0.610. The highest BCUT2D eigenvalue weighted by molar-refractivity contribution is 7.08. The molecular weight excluding hydrogens is 162 g/mol. The van der Waals surface area contributed by atoms with E-state index in [1.54, 1.807) is 0 Å². The molecule has 0 spiro atoms. The second kappa shape index (κ2) is 2.80. The number of hydrogen-bond donors (Lipinski definition) is 0. The first-order valence-electron chi connectivity index (χ1n) is 2.05. The van der Waals surface area contributed by atoms with Gasteiger partial charge in [-0.15, -0.1) is 0 Å². The quantitative estimate of drug-likeness (QED) is 0.618. The minimum absolute atomic E-state index is 0.319. The highest BCUT2D eigenvalue weighted by atomic mass is 35.5. The average molecular weight is 164 g/mol. The molecule has 0 atom stereocenters. The molecule has 0 fully saturated rings. The molecule has 1 aromatic heterocycles. The van der Waals surface area contributed by atoms with Crippen molar-refractivity contribution in [1.82, 2.24) is 4.37 Å². The summed E-state index contributed by atoms with van der Waals surface area (Å²) in [7, 11) is 0. The summed E-state index contributed by atoms with van der Waals surface area (Å²) in [5.74, 6) is 0. The highest BCUT2D eigenvalue weighted by Gasteiger charge is 2.01. The second-order valence-electron chi connectivity index (χ2n) is 1.18. The number of aromatic nitrogens is 1. The average Bonchev–Trinajstić information content (AvgIpc) is 2.18. The predicted molar refractivity (Wildman–Crippen MR) is 33.8 cm³/mol. The van der Waals surface area contributed by atoms with Crippen molar-refractivity contribution in [1.29, 1.82) is 0 Å². The van der Waals surface area contributed by atoms with E-state index in [4.69, 9.17) is 11.6 Å². The first-order chi connectivity index (χ1) is 4.34. The van der Waals surface area contributed by atoms with E-state index in [9.17, 15) is 4.79 Å². The third-order valence-electron chi connectivity index (χ3n) is 0.652. The second-order valence-corrected chi connectivity index (χ2v) is 2.35. The van der Waals surface area contributed by atoms with Gasteiger partial charge in [0.2, 0.25) is 5.06 Å². The maximum atomic E-state index is 9.72. The minimum atomic E-state index is 0.319. The van der Waals surface area contributed by atoms with Crippen LogP contribution in [0.4, 0.5) is 0 Å². The van der Waals surface area contributed by atoms with Crippen molar-refractivity contribution in [2.45, 2.75) is 0 Å². The standard InChI is InChI=1S/C4H2ClNO2S/c5-3-1-6-9-4(3)8-2-7/h1-2H. The number of nitrogens with zero attached hydrogens (tertiary/aromatic N) is 1. The molecule has 0 aliphatic rings. The van der Waals surface area contributed by atoms with Crippen LogP contribution >= 0.6 is 23.1 Å². The highest BCUT2D eigenvalue weighted by Crippen LogP contribution is 2.27. The third-order valence-corrected chi connectivity index (χ3v) is 1.73. The normalized spacial score (nSPS) is 9.00. The van der Waals surface area contributed by atoms with E-state index in [0.29, 0.717) is 16.6 Å². The Bertz CT molecular complexity index is 212. The summed E-state index contributed by atoms with van der Waals surface area (Å²) in [6.45, 7) is 0.319. The summed E-state index contributed by atoms with van der Waals surface area (Å²) in [5.41, 5.74) is 0. The predicted octanol–water partition coefficient (Wildman–Crippen LogP) is 1.33. The summed E-state index contributed by atoms with van der Waals surface area (Å²) >= 11 is 6.52. The van der Waals surface area contributed by atoms with Crippen molar-refractivity contribution in [2.75, 3.05) is 0 Å². The van der Waals surface area contributed by atoms with E-state index >= 15 is 0 Å². The molecule has 0 aliphatic carbocycles. The van der Waals surface area contributed by atoms with Crippen LogP contribution in [0.5, 0.6) is 5.06 Å². The summed E-state index contributed by atoms with van der Waals surface area (Å²) in [6.07, 6.45) is 1.42. The fourth-order valence-electron chi connectivity index (χ4n) is 0.338. The zero-order valence-corrected chi connectivity index (χ0v) is 5.78. The van der Waals surface area contributed by atoms with Crippen molar-refractivity contribution in [3.8, 4) is 5.06 Å². The zero-order chi connectivity index (χ0) is 6.69. The van der Waals surface area contributed by atoms with Gasteiger partial charge in [-0.25, -0.2) is 0 Å². The zero-order valence-electron chi connectivity index (χ0n) is 4.20. The van der Waals surface area contributed by atoms with Gasteiger partial charge in [0.1, 0.15) is 5.02 Å². The van der Waals surface area contributed by atoms with Crippen LogP contribution in [0.15, 0.2) is 6.20 Å². The molecule has 0 N–H and O–H groups in total. The Labute approximate surface area is 60.4 Å². The molecule has 0 bridgehead atoms. The van der Waals surface area contributed by atoms with Crippen molar-refractivity contribution in [3.63, 3.8) is 0 Å². The molecule has 0 amide bonds. The fourth-order valence-corrected chi connectivity index (χ4v) is 1.07. The van der Waals surface area contributed by atoms with E-state index in [1.807, 2.05) is 0 Å². The molecule has 1 heterocycles. The van der Waals surface area contributed by atoms with Crippen LogP contribution in [0, 0.1) is 0 Å². The van der Waals surface area contributed by atoms with Crippen LogP contribution in [0.25, 0.3) is 0 Å². The lowest BCUT2D eigenvalue weighted by Gasteiger charge is -1.86. The molecule has 3 nitrogen and oxygen atoms in total. The largest absolute Gasteiger partial charge is 0.414 e. The molecule has 5 heteroatoms. The van der Waals surface area contributed by atoms with Crippen LogP contribution < -0.4 is 4.74 Å². The van der Waals surface area contributed by atoms with Crippen LogP contribution in [-0.2, 0) is 4.79 Å². The Morgan fingerprint density at radius 2 is 2.67 bits per heavy atom. The number of carbonyl (C=O) groups is 1. The molecular formula is C4H2ClNO2S. The van der Waals surface area contributed by atoms with Gasteiger partial charge in [-0.3, -0.25) is 4.79 Å². The molecule has 0 radical (unpaired) electrons. The smallest absolute Gasteiger partial charge is 0.299 e. The van der Waals surface area contributed by atoms with E-state index in [-0.39, 0.29) is 0 Å². The maximum Gasteiger partial charge on any atom is 0.299 e. The van der Waals surface area contributed by atoms with Gasteiger partial charge >= 0.3 is 0 Å². The Morgan fingerprint density at radius 1 is 1.89 bits per heavy atom. The monoisotopic (exact) mass is 163 g/mol. The van der Waals surface area contributed by atoms with Gasteiger partial charge in [0.25, 0.3) is 6.47 Å². The molecule has 1 aromatic rings. The molecule has 0 aliphatic heterocycles. The van der Waals surface area contributed by atoms with Crippen LogP contribution in [0.1, 0.15) is 0 Å². The Kier molecular flexibility index (Phi) is 2.02. The number of rotatable bonds is 2. The number of ether oxygens (including phenoxy) is 1. The molecule has 0 saturated heterocycles. The van der Waals surface area contributed by atoms with E-state index in [2.05, 4.69) is 9.11 Å². The van der Waals surface area contributed by atoms with E-state index in [1.165, 1.54) is 6.20 Å². The first-order valence-corrected chi connectivity index (χ1v) is 3.20. The van der Waals surface area contributed by atoms with Crippen LogP contribution in [0.3, 0.4) is 0 Å². The third kappa shape index (κ3) is 1.40. The number of carbonyl (C=O) groups excluding carboxylic acids is 1. The SMILES string of the molecule is O=COc1sncc1Cl. The van der Waals surface area contributed by atoms with Gasteiger partial charge in [0.15, 0.2) is 0 Å². The van der Waals surface area contributed by atoms with Gasteiger partial charge in [-0.1, -0.05) is 11.6 Å². The summed E-state index contributed by atoms with van der Waals surface area (Å²) in [6, 6.07) is 0. The lowest BCUT2D eigenvalue weighted by Crippen LogP contribution is -1.83. The minimum Gasteiger partial charge on any atom is -0.414 e. The van der Waals surface area contributed by atoms with Crippen molar-refractivity contribution in [3.05, 3.63) is 11.2 Å². The number of halogens is 1. The van der Waals surface area contributed by atoms with Gasteiger partial charge in [-0.05, 0) is 0 Å². The topological polar surface area (TPSA) is 39.2 Å². The van der Waals surface area contributed by atoms with Crippen molar-refractivity contribution >= 4 is 29.6 Å². The van der Waals surface area contributed by atoms with Gasteiger partial charge < -0.3 is 4.74 Å². The van der Waals surface area contributed by atoms with E-state index in [0.717, 1.165) is 11.5 Å². The Morgan fingerprint density at radius 3 is 3.11 bits per heavy atom. The molecule has 0 unspecified atom stereocenters. The molecule has 9 heavy (non-hydrogen) atoms. The van der Waals surface area contributed by atoms with Gasteiger partial charge in [0, 0.05) is 11.5 Å². The lowest BCUT2D eigenvalue weighted by atomic mass is 10.7. The van der Waals surface area contributed by atoms with Crippen LogP contribution in [-0.4, -0.2) is 10.8 Å². The van der Waals surface area contributed by atoms with E-state index < -0.39 is 0 Å². The molecule has 1 rings (SSSR count).